The fraction of sp³-hybridized carbons (Fsp3) is 0.778. The van der Waals surface area contributed by atoms with Crippen molar-refractivity contribution in [3.63, 3.8) is 0 Å². The molecule has 4 N–H and O–H groups in total. The summed E-state index contributed by atoms with van der Waals surface area (Å²) < 4.78 is 0. The van der Waals surface area contributed by atoms with Crippen LogP contribution in [0.25, 0.3) is 0 Å². The van der Waals surface area contributed by atoms with E-state index in [-0.39, 0.29) is 0 Å². The van der Waals surface area contributed by atoms with Gasteiger partial charge < -0.3 is 21.3 Å². The molecule has 0 heterocycles. The predicted octanol–water partition coefficient (Wildman–Crippen LogP) is 6.25. The van der Waals surface area contributed by atoms with Gasteiger partial charge in [0.15, 0.2) is 0 Å². The molecule has 0 radical (unpaired) electrons. The zero-order valence-corrected chi connectivity index (χ0v) is 26.7. The third-order valence-electron chi connectivity index (χ3n) is 11.9. The van der Waals surface area contributed by atoms with Crippen molar-refractivity contribution in [1.82, 2.24) is 21.3 Å². The number of allylic oxidation sites excluding steroid dienone is 6. The summed E-state index contributed by atoms with van der Waals surface area (Å²) in [6.07, 6.45) is 17.2. The third-order valence-corrected chi connectivity index (χ3v) is 11.9. The van der Waals surface area contributed by atoms with Gasteiger partial charge >= 0.3 is 0 Å². The van der Waals surface area contributed by atoms with Crippen LogP contribution < -0.4 is 21.3 Å². The van der Waals surface area contributed by atoms with Crippen molar-refractivity contribution in [3.05, 3.63) is 46.6 Å². The minimum absolute atomic E-state index is 0.609. The summed E-state index contributed by atoms with van der Waals surface area (Å²) in [6.45, 7) is 22.2. The lowest BCUT2D eigenvalue weighted by atomic mass is 9.28. The van der Waals surface area contributed by atoms with Crippen molar-refractivity contribution in [2.45, 2.75) is 80.1 Å². The molecule has 0 aromatic carbocycles. The van der Waals surface area contributed by atoms with Gasteiger partial charge in [-0.05, 0) is 126 Å². The zero-order chi connectivity index (χ0) is 28.3. The van der Waals surface area contributed by atoms with E-state index in [9.17, 15) is 0 Å². The largest absolute Gasteiger partial charge is 0.315 e. The summed E-state index contributed by atoms with van der Waals surface area (Å²) in [5.74, 6) is 6.44. The van der Waals surface area contributed by atoms with Crippen LogP contribution in [-0.2, 0) is 0 Å². The SMILES string of the molecule is CC(C)=CCC/C(C)=C/CNCCNC[C@@]12CC3C4C5CC3[C@]1(CNCCNC/C=C(\C)CCC=C(C)C)C5C42. The maximum atomic E-state index is 3.97. The van der Waals surface area contributed by atoms with Crippen LogP contribution >= 0.6 is 0 Å². The molecule has 6 aliphatic carbocycles. The molecule has 0 aromatic rings. The predicted molar refractivity (Wildman–Crippen MR) is 171 cm³/mol. The molecule has 6 aliphatic rings. The lowest BCUT2D eigenvalue weighted by Gasteiger charge is -2.76. The molecule has 40 heavy (non-hydrogen) atoms. The molecule has 0 saturated heterocycles. The second-order valence-electron chi connectivity index (χ2n) is 14.7. The number of nitrogens with one attached hydrogen (secondary N) is 4. The van der Waals surface area contributed by atoms with Gasteiger partial charge in [0.1, 0.15) is 0 Å². The molecule has 4 nitrogen and oxygen atoms in total. The van der Waals surface area contributed by atoms with Crippen LogP contribution in [-0.4, -0.2) is 52.4 Å². The van der Waals surface area contributed by atoms with Crippen molar-refractivity contribution in [1.29, 1.82) is 0 Å². The smallest absolute Gasteiger partial charge is 0.0137 e. The van der Waals surface area contributed by atoms with Crippen LogP contribution in [0.15, 0.2) is 46.6 Å². The van der Waals surface area contributed by atoms with Crippen molar-refractivity contribution in [3.8, 4) is 0 Å². The number of hydrogen-bond donors (Lipinski definition) is 4. The highest BCUT2D eigenvalue weighted by Crippen LogP contribution is 2.97. The summed E-state index contributed by atoms with van der Waals surface area (Å²) in [7, 11) is 0. The second-order valence-corrected chi connectivity index (χ2v) is 14.7. The van der Waals surface area contributed by atoms with Gasteiger partial charge in [0.05, 0.1) is 0 Å². The summed E-state index contributed by atoms with van der Waals surface area (Å²) in [6, 6.07) is 0. The van der Waals surface area contributed by atoms with Crippen LogP contribution in [0.4, 0.5) is 0 Å². The Labute approximate surface area is 246 Å². The van der Waals surface area contributed by atoms with Gasteiger partial charge in [-0.15, -0.1) is 0 Å². The highest BCUT2D eigenvalue weighted by atomic mass is 15.1. The van der Waals surface area contributed by atoms with Crippen molar-refractivity contribution < 1.29 is 0 Å². The lowest BCUT2D eigenvalue weighted by Crippen LogP contribution is -2.77. The van der Waals surface area contributed by atoms with E-state index >= 15 is 0 Å². The first kappa shape index (κ1) is 30.3. The quantitative estimate of drug-likeness (QED) is 0.107. The highest BCUT2D eigenvalue weighted by Gasteiger charge is 2.95. The molecule has 0 aliphatic heterocycles. The van der Waals surface area contributed by atoms with E-state index in [0.717, 1.165) is 74.8 Å². The van der Waals surface area contributed by atoms with E-state index < -0.39 is 0 Å². The maximum absolute atomic E-state index is 3.97. The van der Waals surface area contributed by atoms with E-state index in [4.69, 9.17) is 0 Å². The summed E-state index contributed by atoms with van der Waals surface area (Å²) in [5.41, 5.74) is 7.09. The fourth-order valence-electron chi connectivity index (χ4n) is 10.5. The Balaban J connectivity index is 0.996. The minimum atomic E-state index is 0.609. The Bertz CT molecular complexity index is 998. The molecule has 0 spiro atoms. The van der Waals surface area contributed by atoms with Crippen LogP contribution in [0.2, 0.25) is 0 Å². The average molecular weight is 549 g/mol. The summed E-state index contributed by atoms with van der Waals surface area (Å²) in [5, 5.41) is 15.2. The molecule has 4 heteroatoms. The Morgan fingerprint density at radius 2 is 1.20 bits per heavy atom. The first-order valence-corrected chi connectivity index (χ1v) is 16.7. The standard InChI is InChI=1S/C36H60N4/c1-25(2)9-7-11-27(5)13-15-37-17-19-39-23-35-22-30-31-21-29-32(30)34(35)33(29)36(31,35)24-40-20-18-38-16-14-28(6)12-8-10-26(3)4/h9-10,13-14,29-34,37-40H,7-8,11-12,15-24H2,1-6H3/b27-13+,28-14+/t29?,30?,31?,32?,33?,34?,35-,36-/m1/s1. The molecule has 6 rings (SSSR count). The third kappa shape index (κ3) is 5.48. The van der Waals surface area contributed by atoms with Crippen LogP contribution in [0.3, 0.4) is 0 Å². The van der Waals surface area contributed by atoms with Gasteiger partial charge in [-0.2, -0.15) is 0 Å². The van der Waals surface area contributed by atoms with E-state index in [1.165, 1.54) is 67.5 Å². The van der Waals surface area contributed by atoms with Gasteiger partial charge in [-0.3, -0.25) is 0 Å². The van der Waals surface area contributed by atoms with E-state index in [1.807, 2.05) is 0 Å². The Hall–Kier alpha value is -1.20. The first-order chi connectivity index (χ1) is 19.3. The maximum Gasteiger partial charge on any atom is 0.0137 e. The number of rotatable bonds is 20. The van der Waals surface area contributed by atoms with Gasteiger partial charge in [-0.25, -0.2) is 0 Å². The van der Waals surface area contributed by atoms with Gasteiger partial charge in [0.2, 0.25) is 0 Å². The number of hydrogen-bond acceptors (Lipinski definition) is 4. The van der Waals surface area contributed by atoms with Gasteiger partial charge in [0.25, 0.3) is 0 Å². The summed E-state index contributed by atoms with van der Waals surface area (Å²) >= 11 is 0. The van der Waals surface area contributed by atoms with E-state index in [0.29, 0.717) is 10.8 Å². The van der Waals surface area contributed by atoms with Crippen molar-refractivity contribution in [2.75, 3.05) is 52.4 Å². The van der Waals surface area contributed by atoms with Crippen LogP contribution in [0.5, 0.6) is 0 Å². The fourth-order valence-corrected chi connectivity index (χ4v) is 10.5. The van der Waals surface area contributed by atoms with E-state index in [2.05, 4.69) is 87.1 Å². The Morgan fingerprint density at radius 1 is 0.650 bits per heavy atom. The molecule has 6 unspecified atom stereocenters. The first-order valence-electron chi connectivity index (χ1n) is 16.7. The molecule has 224 valence electrons. The van der Waals surface area contributed by atoms with Gasteiger partial charge in [-0.1, -0.05) is 46.6 Å². The molecular weight excluding hydrogens is 488 g/mol. The molecule has 8 atom stereocenters. The zero-order valence-electron chi connectivity index (χ0n) is 26.7. The lowest BCUT2D eigenvalue weighted by molar-refractivity contribution is -0.291. The molecule has 6 saturated carbocycles. The van der Waals surface area contributed by atoms with Crippen LogP contribution in [0.1, 0.15) is 80.1 Å². The molecule has 0 aromatic heterocycles. The van der Waals surface area contributed by atoms with Gasteiger partial charge in [0, 0.05) is 52.4 Å². The van der Waals surface area contributed by atoms with Crippen molar-refractivity contribution in [2.24, 2.45) is 46.3 Å². The molecule has 6 fully saturated rings. The Kier molecular flexibility index (Phi) is 9.82. The second kappa shape index (κ2) is 13.0. The minimum Gasteiger partial charge on any atom is -0.315 e. The molecule has 4 bridgehead atoms. The average Bonchev–Trinajstić information content (AvgIpc) is 3.40. The monoisotopic (exact) mass is 548 g/mol. The van der Waals surface area contributed by atoms with Crippen LogP contribution in [0, 0.1) is 46.3 Å². The normalized spacial score (nSPS) is 36.1. The summed E-state index contributed by atoms with van der Waals surface area (Å²) in [4.78, 5) is 0. The van der Waals surface area contributed by atoms with Crippen molar-refractivity contribution >= 4 is 0 Å². The molecular formula is C36H60N4. The Morgan fingerprint density at radius 3 is 1.77 bits per heavy atom. The topological polar surface area (TPSA) is 48.1 Å². The van der Waals surface area contributed by atoms with E-state index in [1.54, 1.807) is 6.42 Å². The molecule has 0 amide bonds. The highest BCUT2D eigenvalue weighted by molar-refractivity contribution is 5.42.